The first-order valence-corrected chi connectivity index (χ1v) is 40.4. The van der Waals surface area contributed by atoms with Gasteiger partial charge in [0.25, 0.3) is 11.8 Å². The zero-order valence-corrected chi connectivity index (χ0v) is 69.9. The first-order valence-electron chi connectivity index (χ1n) is 39.4. The lowest BCUT2D eigenvalue weighted by atomic mass is 9.49. The number of aliphatic hydroxyl groups is 3. The minimum Gasteiger partial charge on any atom is -0.504 e. The molecular formula is C84H102Cl2N4O28. The monoisotopic (exact) mass is 1680 g/mol. The van der Waals surface area contributed by atoms with Gasteiger partial charge in [-0.25, -0.2) is 19.2 Å². The number of likely N-dealkylation sites (N-methyl/N-ethyl adjacent to an activating group) is 3. The summed E-state index contributed by atoms with van der Waals surface area (Å²) in [6.07, 6.45) is 0.338. The molecule has 34 heteroatoms. The van der Waals surface area contributed by atoms with E-state index in [2.05, 4.69) is 49.5 Å². The number of likely N-dealkylation sites (tertiary alicyclic amines) is 3. The molecule has 2 amide bonds. The molecule has 3 aromatic rings. The summed E-state index contributed by atoms with van der Waals surface area (Å²) in [5.41, 5.74) is 1.39. The molecule has 13 aliphatic rings. The number of piperidine rings is 3. The molecule has 32 nitrogen and oxygen atoms in total. The van der Waals surface area contributed by atoms with E-state index in [0.717, 1.165) is 104 Å². The standard InChI is InChI=1S/C28H35NO8.C23H25NO9.C18H21NO3.C14H19NO8.CH2Cl2/c1-15-7-8-17-13-20-28(33)10-9-18(24-27(28,11-12-29(20)6)22(17)23(15)36-24)35-21(31)14-19(34-16(2)30)25(32)37-26(3,4)5;1-11(25)31-15(21(28)29)10-17(27)32-14-5-6-23(30)16-9-12-3-4-13(26)19-18(12)22(23,20(14)33-19)7-8-24(16)2;1-10-3-4-11-9-13-18(21)6-5-12(20)16-17(18,7-8-19(13)2)14(11)15(10)22-16;1-8(16)21-9(13(20)22-14(2,3)4)7-12(19)23-15-10(17)5-6-11(15)18;2-1-3/h7-9,19-20,24,33H,10-14H2,1-6H3;3-5,15-16,20,26,30H,6-10H2,1-2H3,(H,28,29);3-4,13,16,21H,5-9H2,1-2H3;9H,5-7H2,1-4H3;1H2/t19-,20+,24-,27-,28+;15-,16+,20-,22-,23+;13-,16+,17+,18-;9-;/m0010./s1. The Kier molecular flexibility index (Phi) is 24.4. The van der Waals surface area contributed by atoms with Gasteiger partial charge in [-0.15, -0.1) is 28.3 Å². The number of hydrogen-bond acceptors (Lipinski definition) is 30. The van der Waals surface area contributed by atoms with Gasteiger partial charge in [-0.1, -0.05) is 30.3 Å². The molecule has 0 unspecified atom stereocenters. The van der Waals surface area contributed by atoms with Crippen molar-refractivity contribution >= 4 is 94.5 Å². The quantitative estimate of drug-likeness (QED) is 0.0494. The number of esters is 7. The topological polar surface area (TPSA) is 420 Å². The average Bonchev–Trinajstić information content (AvgIpc) is 1.46. The SMILES string of the molecule is CC(=O)O[C@@H](CC(=O)OC1=CC[C@@]2(O)[C@H]3Cc4ccc(C)c5c4[C@@]2(CCN3C)[C@H]1O5)C(=O)OC(C)(C)C.CC(=O)O[C@@H](CC(=O)OC1=CC[C@@]2(O)[C@H]3Cc4ccc(O)c5c4[C@@]2(CCN3C)[C@H]1O5)C(=O)O.CC(=O)O[C@@H](CC(=O)ON1C(=O)CCC1=O)C(=O)OC(C)(C)C.Cc1ccc2c3c1O[C@H]1C(=O)CC[C@@]4(O)[C@@H](C2)N(C)CC[C@]314.ClCCl. The Morgan fingerprint density at radius 2 is 0.864 bits per heavy atom. The number of ketones is 1. The summed E-state index contributed by atoms with van der Waals surface area (Å²) in [6.45, 7) is 19.5. The van der Waals surface area contributed by atoms with Crippen molar-refractivity contribution < 1.29 is 135 Å². The summed E-state index contributed by atoms with van der Waals surface area (Å²) >= 11 is 9.53. The van der Waals surface area contributed by atoms with Crippen LogP contribution in [0.2, 0.25) is 0 Å². The van der Waals surface area contributed by atoms with Crippen LogP contribution in [0, 0.1) is 13.8 Å². The number of aryl methyl sites for hydroxylation is 2. The molecule has 0 aromatic heterocycles. The van der Waals surface area contributed by atoms with Crippen LogP contribution in [0.25, 0.3) is 0 Å². The number of aliphatic carboxylic acids is 1. The molecule has 6 aliphatic carbocycles. The molecule has 4 saturated heterocycles. The molecule has 7 aliphatic heterocycles. The fraction of sp³-hybridized carbons (Fsp3) is 0.595. The van der Waals surface area contributed by atoms with Gasteiger partial charge in [0, 0.05) is 87.7 Å². The Bertz CT molecular complexity index is 4690. The van der Waals surface area contributed by atoms with Crippen LogP contribution in [0.4, 0.5) is 0 Å². The van der Waals surface area contributed by atoms with Crippen molar-refractivity contribution in [2.24, 2.45) is 0 Å². The molecular weight excluding hydrogens is 1580 g/mol. The predicted octanol–water partition coefficient (Wildman–Crippen LogP) is 6.13. The second-order valence-electron chi connectivity index (χ2n) is 34.5. The van der Waals surface area contributed by atoms with Crippen molar-refractivity contribution in [1.29, 1.82) is 0 Å². The van der Waals surface area contributed by atoms with E-state index in [1.807, 2.05) is 40.1 Å². The number of phenolic OH excluding ortho intramolecular Hbond substituents is 1. The van der Waals surface area contributed by atoms with E-state index >= 15 is 0 Å². The highest BCUT2D eigenvalue weighted by Gasteiger charge is 2.75. The van der Waals surface area contributed by atoms with E-state index in [1.54, 1.807) is 59.8 Å². The molecule has 3 spiro atoms. The van der Waals surface area contributed by atoms with Crippen LogP contribution >= 0.6 is 23.2 Å². The number of ether oxygens (including phenoxy) is 10. The number of Topliss-reactive ketones (excluding diaryl/α,β-unsaturated/α-hetero) is 1. The number of carbonyl (C=O) groups is 12. The van der Waals surface area contributed by atoms with Crippen LogP contribution in [-0.4, -0.2) is 245 Å². The lowest BCUT2D eigenvalue weighted by Gasteiger charge is -2.62. The first kappa shape index (κ1) is 88.0. The second kappa shape index (κ2) is 32.7. The van der Waals surface area contributed by atoms with E-state index in [1.165, 1.54) is 5.56 Å². The van der Waals surface area contributed by atoms with Gasteiger partial charge in [0.15, 0.2) is 35.6 Å². The van der Waals surface area contributed by atoms with Crippen molar-refractivity contribution in [3.63, 3.8) is 0 Å². The van der Waals surface area contributed by atoms with Crippen molar-refractivity contribution in [2.45, 2.75) is 271 Å². The van der Waals surface area contributed by atoms with E-state index in [9.17, 15) is 83.1 Å². The number of carbonyl (C=O) groups excluding carboxylic acids is 11. The molecule has 6 bridgehead atoms. The fourth-order valence-corrected chi connectivity index (χ4v) is 20.2. The number of alkyl halides is 2. The molecule has 5 fully saturated rings. The van der Waals surface area contributed by atoms with Gasteiger partial charge in [-0.2, -0.15) is 0 Å². The largest absolute Gasteiger partial charge is 0.504 e. The van der Waals surface area contributed by atoms with E-state index in [-0.39, 0.29) is 65.8 Å². The van der Waals surface area contributed by atoms with Crippen LogP contribution in [0.3, 0.4) is 0 Å². The molecule has 7 heterocycles. The normalized spacial score (nSPS) is 29.7. The lowest BCUT2D eigenvalue weighted by Crippen LogP contribution is -2.76. The summed E-state index contributed by atoms with van der Waals surface area (Å²) in [4.78, 5) is 154. The van der Waals surface area contributed by atoms with Crippen molar-refractivity contribution in [3.05, 3.63) is 105 Å². The number of amides is 2. The Labute approximate surface area is 691 Å². The Morgan fingerprint density at radius 3 is 1.27 bits per heavy atom. The van der Waals surface area contributed by atoms with Gasteiger partial charge in [-0.3, -0.25) is 38.4 Å². The summed E-state index contributed by atoms with van der Waals surface area (Å²) < 4.78 is 55.1. The van der Waals surface area contributed by atoms with Gasteiger partial charge in [0.2, 0.25) is 18.3 Å². The number of halogens is 2. The minimum atomic E-state index is -1.67. The fourth-order valence-electron chi connectivity index (χ4n) is 20.2. The van der Waals surface area contributed by atoms with Crippen LogP contribution in [-0.2, 0) is 131 Å². The van der Waals surface area contributed by atoms with E-state index < -0.39 is 166 Å². The third-order valence-corrected chi connectivity index (χ3v) is 24.9. The Morgan fingerprint density at radius 1 is 0.508 bits per heavy atom. The number of rotatable bonds is 15. The summed E-state index contributed by atoms with van der Waals surface area (Å²) in [5.74, 6) is -7.05. The minimum absolute atomic E-state index is 0.0500. The highest BCUT2D eigenvalue weighted by molar-refractivity contribution is 6.40. The molecule has 16 rings (SSSR count). The van der Waals surface area contributed by atoms with Crippen LogP contribution < -0.4 is 14.2 Å². The number of aromatic hydroxyl groups is 1. The molecule has 3 aromatic carbocycles. The molecule has 15 atom stereocenters. The van der Waals surface area contributed by atoms with Crippen molar-refractivity contribution in [2.75, 3.05) is 46.1 Å². The number of phenols is 1. The Hall–Kier alpha value is -9.28. The molecule has 640 valence electrons. The summed E-state index contributed by atoms with van der Waals surface area (Å²) in [5, 5.41) is 56.3. The highest BCUT2D eigenvalue weighted by Crippen LogP contribution is 2.68. The number of benzene rings is 3. The number of carboxylic acid groups (broad SMARTS) is 1. The molecule has 5 N–H and O–H groups in total. The van der Waals surface area contributed by atoms with Gasteiger partial charge < -0.3 is 92.4 Å². The Balaban J connectivity index is 0.000000146. The van der Waals surface area contributed by atoms with Gasteiger partial charge >= 0.3 is 53.7 Å². The number of carboxylic acids is 1. The smallest absolute Gasteiger partial charge is 0.348 e. The maximum Gasteiger partial charge on any atom is 0.348 e. The zero-order chi connectivity index (χ0) is 86.4. The van der Waals surface area contributed by atoms with E-state index in [4.69, 9.17) is 65.8 Å². The summed E-state index contributed by atoms with van der Waals surface area (Å²) in [6, 6.07) is 11.6. The third-order valence-electron chi connectivity index (χ3n) is 24.9. The highest BCUT2D eigenvalue weighted by atomic mass is 35.5. The number of imide groups is 1. The first-order chi connectivity index (χ1) is 55.2. The zero-order valence-electron chi connectivity index (χ0n) is 68.4. The molecule has 0 radical (unpaired) electrons. The van der Waals surface area contributed by atoms with Crippen LogP contribution in [0.15, 0.2) is 60.1 Å². The number of hydroxylamine groups is 2. The second-order valence-corrected chi connectivity index (χ2v) is 35.3. The van der Waals surface area contributed by atoms with Crippen molar-refractivity contribution in [1.82, 2.24) is 19.8 Å². The number of hydrogen-bond donors (Lipinski definition) is 5. The maximum absolute atomic E-state index is 13.1. The lowest BCUT2D eigenvalue weighted by molar-refractivity contribution is -0.201. The van der Waals surface area contributed by atoms with Crippen LogP contribution in [0.1, 0.15) is 184 Å². The van der Waals surface area contributed by atoms with Crippen LogP contribution in [0.5, 0.6) is 23.0 Å². The predicted molar refractivity (Wildman–Crippen MR) is 413 cm³/mol. The average molecular weight is 1690 g/mol. The molecule has 118 heavy (non-hydrogen) atoms. The van der Waals surface area contributed by atoms with Gasteiger partial charge in [0.05, 0.1) is 57.6 Å². The maximum atomic E-state index is 13.1. The molecule has 1 saturated carbocycles. The van der Waals surface area contributed by atoms with Crippen molar-refractivity contribution in [3.8, 4) is 23.0 Å². The third kappa shape index (κ3) is 15.5. The van der Waals surface area contributed by atoms with Gasteiger partial charge in [-0.05, 0) is 187 Å². The van der Waals surface area contributed by atoms with Gasteiger partial charge in [0.1, 0.15) is 34.2 Å². The van der Waals surface area contributed by atoms with E-state index in [0.29, 0.717) is 55.9 Å². The number of nitrogens with zero attached hydrogens (tertiary/aromatic N) is 4. The summed E-state index contributed by atoms with van der Waals surface area (Å²) in [7, 11) is 6.09.